The number of hydrogen-bond donors (Lipinski definition) is 3. The van der Waals surface area contributed by atoms with Crippen LogP contribution in [0.3, 0.4) is 0 Å². The first-order valence-electron chi connectivity index (χ1n) is 8.24. The Bertz CT molecular complexity index is 1040. The van der Waals surface area contributed by atoms with Gasteiger partial charge in [0.1, 0.15) is 21.2 Å². The molecular formula is C16H15B2Cl2N5O3. The van der Waals surface area contributed by atoms with Crippen LogP contribution in [0.1, 0.15) is 5.56 Å². The maximum atomic E-state index is 12.4. The van der Waals surface area contributed by atoms with E-state index in [1.165, 1.54) is 10.9 Å². The van der Waals surface area contributed by atoms with Crippen molar-refractivity contribution in [2.45, 2.75) is 18.5 Å². The molecule has 0 saturated heterocycles. The lowest BCUT2D eigenvalue weighted by molar-refractivity contribution is 0.0492. The lowest BCUT2D eigenvalue weighted by Gasteiger charge is -2.17. The average molecular weight is 418 g/mol. The van der Waals surface area contributed by atoms with Gasteiger partial charge in [-0.2, -0.15) is 5.10 Å². The van der Waals surface area contributed by atoms with Gasteiger partial charge in [0.2, 0.25) is 5.95 Å². The fourth-order valence-corrected chi connectivity index (χ4v) is 2.80. The van der Waals surface area contributed by atoms with Gasteiger partial charge in [0.15, 0.2) is 5.52 Å². The van der Waals surface area contributed by atoms with Gasteiger partial charge in [-0.25, -0.2) is 4.98 Å². The number of aliphatic hydroxyl groups is 1. The summed E-state index contributed by atoms with van der Waals surface area (Å²) in [6.07, 6.45) is 1.48. The zero-order valence-corrected chi connectivity index (χ0v) is 16.2. The monoisotopic (exact) mass is 417 g/mol. The number of anilines is 1. The van der Waals surface area contributed by atoms with E-state index in [4.69, 9.17) is 43.6 Å². The normalized spacial score (nSPS) is 11.8. The lowest BCUT2D eigenvalue weighted by Crippen LogP contribution is -2.35. The van der Waals surface area contributed by atoms with Crippen molar-refractivity contribution in [3.05, 3.63) is 50.4 Å². The molecule has 0 atom stereocenters. The molecule has 1 aromatic carbocycles. The first-order chi connectivity index (χ1) is 13.2. The Morgan fingerprint density at radius 1 is 1.32 bits per heavy atom. The minimum atomic E-state index is -1.90. The van der Waals surface area contributed by atoms with Crippen molar-refractivity contribution in [1.82, 2.24) is 19.7 Å². The van der Waals surface area contributed by atoms with E-state index in [2.05, 4.69) is 20.4 Å². The summed E-state index contributed by atoms with van der Waals surface area (Å²) in [7, 11) is 10.4. The van der Waals surface area contributed by atoms with Crippen molar-refractivity contribution < 1.29 is 9.84 Å². The Labute approximate surface area is 173 Å². The summed E-state index contributed by atoms with van der Waals surface area (Å²) < 4.78 is 6.62. The number of nitrogens with one attached hydrogen (secondary N) is 2. The van der Waals surface area contributed by atoms with Crippen LogP contribution in [0.25, 0.3) is 11.0 Å². The van der Waals surface area contributed by atoms with Gasteiger partial charge in [0.25, 0.3) is 5.56 Å². The summed E-state index contributed by atoms with van der Waals surface area (Å²) in [5.41, 5.74) is 1.26. The largest absolute Gasteiger partial charge is 0.407 e. The Morgan fingerprint density at radius 3 is 2.82 bits per heavy atom. The van der Waals surface area contributed by atoms with Crippen molar-refractivity contribution in [3.8, 4) is 0 Å². The Balaban J connectivity index is 1.68. The molecule has 0 aliphatic carbocycles. The number of hydrogen-bond acceptors (Lipinski definition) is 6. The van der Waals surface area contributed by atoms with Crippen LogP contribution in [0, 0.1) is 0 Å². The van der Waals surface area contributed by atoms with Crippen molar-refractivity contribution in [1.29, 1.82) is 0 Å². The van der Waals surface area contributed by atoms with Crippen LogP contribution in [-0.2, 0) is 17.8 Å². The Morgan fingerprint density at radius 2 is 2.11 bits per heavy atom. The number of nitrogens with zero attached hydrogens (tertiary/aromatic N) is 3. The Kier molecular flexibility index (Phi) is 6.34. The van der Waals surface area contributed by atoms with E-state index in [9.17, 15) is 9.90 Å². The summed E-state index contributed by atoms with van der Waals surface area (Å²) in [6, 6.07) is 5.25. The molecule has 0 spiro atoms. The van der Waals surface area contributed by atoms with E-state index < -0.39 is 5.40 Å². The molecular weight excluding hydrogens is 403 g/mol. The van der Waals surface area contributed by atoms with Crippen LogP contribution in [-0.4, -0.2) is 59.2 Å². The third-order valence-electron chi connectivity index (χ3n) is 3.72. The molecule has 4 radical (unpaired) electrons. The number of H-pyrrole nitrogens is 1. The minimum Gasteiger partial charge on any atom is -0.407 e. The summed E-state index contributed by atoms with van der Waals surface area (Å²) in [5, 5.41) is 15.4. The van der Waals surface area contributed by atoms with E-state index >= 15 is 0 Å². The standard InChI is InChI=1S/C16H15B2Cl2N5O3/c17-16(18,27)8-28-4-3-25-13-12(7-22-25)23-15(24-14(13)26)21-6-9-1-2-10(19)11(20)5-9/h1-2,5,7,27H,3-4,6,8H2,(H2,21,23,24,26). The molecule has 0 saturated carbocycles. The molecule has 28 heavy (non-hydrogen) atoms. The third-order valence-corrected chi connectivity index (χ3v) is 4.46. The van der Waals surface area contributed by atoms with Gasteiger partial charge in [-0.15, -0.1) is 0 Å². The molecule has 0 fully saturated rings. The van der Waals surface area contributed by atoms with Crippen molar-refractivity contribution in [3.63, 3.8) is 0 Å². The quantitative estimate of drug-likeness (QED) is 0.373. The van der Waals surface area contributed by atoms with Crippen molar-refractivity contribution in [2.75, 3.05) is 18.5 Å². The first-order valence-corrected chi connectivity index (χ1v) is 9.00. The third kappa shape index (κ3) is 5.29. The second-order valence-electron chi connectivity index (χ2n) is 6.16. The fraction of sp³-hybridized carbons (Fsp3) is 0.312. The highest BCUT2D eigenvalue weighted by Crippen LogP contribution is 2.22. The molecule has 0 aliphatic heterocycles. The van der Waals surface area contributed by atoms with Crippen LogP contribution in [0.4, 0.5) is 5.95 Å². The highest BCUT2D eigenvalue weighted by atomic mass is 35.5. The van der Waals surface area contributed by atoms with Crippen LogP contribution < -0.4 is 10.9 Å². The van der Waals surface area contributed by atoms with E-state index in [1.54, 1.807) is 12.1 Å². The molecule has 3 N–H and O–H groups in total. The second-order valence-corrected chi connectivity index (χ2v) is 6.98. The topological polar surface area (TPSA) is 105 Å². The molecule has 142 valence electrons. The maximum Gasteiger partial charge on any atom is 0.278 e. The van der Waals surface area contributed by atoms with Gasteiger partial charge in [-0.05, 0) is 17.7 Å². The molecule has 2 aromatic heterocycles. The summed E-state index contributed by atoms with van der Waals surface area (Å²) >= 11 is 11.9. The predicted octanol–water partition coefficient (Wildman–Crippen LogP) is 1.04. The molecule has 0 unspecified atom stereocenters. The van der Waals surface area contributed by atoms with Crippen LogP contribution >= 0.6 is 23.2 Å². The molecule has 3 rings (SSSR count). The summed E-state index contributed by atoms with van der Waals surface area (Å²) in [6.45, 7) is 0.572. The second kappa shape index (κ2) is 8.57. The van der Waals surface area contributed by atoms with Crippen molar-refractivity contribution in [2.24, 2.45) is 0 Å². The summed E-state index contributed by atoms with van der Waals surface area (Å²) in [5.74, 6) is 0.302. The van der Waals surface area contributed by atoms with Gasteiger partial charge in [0.05, 0.1) is 36.0 Å². The lowest BCUT2D eigenvalue weighted by atomic mass is 9.66. The molecule has 12 heteroatoms. The number of rotatable bonds is 8. The van der Waals surface area contributed by atoms with Gasteiger partial charge in [0, 0.05) is 11.9 Å². The number of aromatic amines is 1. The number of benzene rings is 1. The Hall–Kier alpha value is -2.00. The van der Waals surface area contributed by atoms with Gasteiger partial charge in [-0.1, -0.05) is 29.3 Å². The maximum absolute atomic E-state index is 12.4. The van der Waals surface area contributed by atoms with Crippen LogP contribution in [0.2, 0.25) is 10.0 Å². The number of fused-ring (bicyclic) bond motifs is 1. The van der Waals surface area contributed by atoms with Gasteiger partial charge >= 0.3 is 0 Å². The number of halogens is 2. The zero-order valence-electron chi connectivity index (χ0n) is 14.7. The molecule has 0 bridgehead atoms. The molecule has 0 aliphatic rings. The van der Waals surface area contributed by atoms with Crippen LogP contribution in [0.15, 0.2) is 29.2 Å². The minimum absolute atomic E-state index is 0.157. The SMILES string of the molecule is [B]C([B])(O)COCCn1ncc2nc(NCc3ccc(Cl)c(Cl)c3)[nH]c(=O)c21. The highest BCUT2D eigenvalue weighted by Gasteiger charge is 2.13. The van der Waals surface area contributed by atoms with E-state index in [0.717, 1.165) is 5.56 Å². The molecule has 2 heterocycles. The predicted molar refractivity (Wildman–Crippen MR) is 109 cm³/mol. The fourth-order valence-electron chi connectivity index (χ4n) is 2.48. The van der Waals surface area contributed by atoms with E-state index in [-0.39, 0.29) is 25.3 Å². The first kappa shape index (κ1) is 20.7. The number of ether oxygens (including phenoxy) is 1. The van der Waals surface area contributed by atoms with E-state index in [1.807, 2.05) is 6.07 Å². The number of aromatic nitrogens is 4. The van der Waals surface area contributed by atoms with Gasteiger partial charge < -0.3 is 15.2 Å². The zero-order chi connectivity index (χ0) is 20.3. The molecule has 0 amide bonds. The average Bonchev–Trinajstić information content (AvgIpc) is 3.02. The smallest absolute Gasteiger partial charge is 0.278 e. The van der Waals surface area contributed by atoms with Crippen LogP contribution in [0.5, 0.6) is 0 Å². The van der Waals surface area contributed by atoms with Crippen molar-refractivity contribution >= 4 is 55.9 Å². The molecule has 8 nitrogen and oxygen atoms in total. The summed E-state index contributed by atoms with van der Waals surface area (Å²) in [4.78, 5) is 19.4. The molecule has 3 aromatic rings. The highest BCUT2D eigenvalue weighted by molar-refractivity contribution is 6.42. The van der Waals surface area contributed by atoms with E-state index in [0.29, 0.717) is 33.6 Å². The van der Waals surface area contributed by atoms with Gasteiger partial charge in [-0.3, -0.25) is 14.5 Å².